The summed E-state index contributed by atoms with van der Waals surface area (Å²) >= 11 is 0. The molecule has 2 aromatic rings. The van der Waals surface area contributed by atoms with Gasteiger partial charge in [-0.2, -0.15) is 0 Å². The van der Waals surface area contributed by atoms with Gasteiger partial charge in [-0.25, -0.2) is 4.98 Å². The maximum Gasteiger partial charge on any atom is 0.271 e. The topological polar surface area (TPSA) is 101 Å². The zero-order valence-corrected chi connectivity index (χ0v) is 9.51. The number of H-pyrrole nitrogens is 1. The smallest absolute Gasteiger partial charge is 0.271 e. The fourth-order valence-corrected chi connectivity index (χ4v) is 1.37. The Morgan fingerprint density at radius 1 is 1.33 bits per heavy atom. The first-order valence-electron chi connectivity index (χ1n) is 5.32. The van der Waals surface area contributed by atoms with Crippen molar-refractivity contribution in [1.82, 2.24) is 15.3 Å². The van der Waals surface area contributed by atoms with Gasteiger partial charge in [-0.3, -0.25) is 9.59 Å². The highest BCUT2D eigenvalue weighted by Gasteiger charge is 2.06. The normalized spacial score (nSPS) is 10.0. The average Bonchev–Trinajstić information content (AvgIpc) is 2.38. The second kappa shape index (κ2) is 5.13. The lowest BCUT2D eigenvalue weighted by atomic mass is 10.2. The Balaban J connectivity index is 1.98. The molecule has 0 bridgehead atoms. The van der Waals surface area contributed by atoms with Gasteiger partial charge in [0.1, 0.15) is 5.69 Å². The summed E-state index contributed by atoms with van der Waals surface area (Å²) in [5, 5.41) is 2.69. The van der Waals surface area contributed by atoms with Gasteiger partial charge in [0.25, 0.3) is 11.5 Å². The van der Waals surface area contributed by atoms with E-state index in [0.29, 0.717) is 12.2 Å². The molecule has 2 rings (SSSR count). The highest BCUT2D eigenvalue weighted by atomic mass is 16.2. The van der Waals surface area contributed by atoms with Gasteiger partial charge in [0, 0.05) is 18.4 Å². The molecule has 1 amide bonds. The van der Waals surface area contributed by atoms with Crippen molar-refractivity contribution in [1.29, 1.82) is 0 Å². The molecule has 92 valence electrons. The third-order valence-corrected chi connectivity index (χ3v) is 2.34. The summed E-state index contributed by atoms with van der Waals surface area (Å²) in [4.78, 5) is 28.6. The van der Waals surface area contributed by atoms with Crippen LogP contribution in [-0.4, -0.2) is 15.9 Å². The number of nitrogens with one attached hydrogen (secondary N) is 2. The maximum atomic E-state index is 11.7. The summed E-state index contributed by atoms with van der Waals surface area (Å²) in [6.45, 7) is 0.375. The number of amides is 1. The maximum absolute atomic E-state index is 11.7. The minimum Gasteiger partial charge on any atom is -0.399 e. The number of nitrogen functional groups attached to an aromatic ring is 1. The Morgan fingerprint density at radius 2 is 2.06 bits per heavy atom. The molecule has 0 saturated heterocycles. The van der Waals surface area contributed by atoms with Crippen LogP contribution in [0.25, 0.3) is 0 Å². The van der Waals surface area contributed by atoms with Crippen LogP contribution in [0.15, 0.2) is 41.5 Å². The van der Waals surface area contributed by atoms with E-state index in [1.165, 1.54) is 6.20 Å². The van der Waals surface area contributed by atoms with Crippen LogP contribution < -0.4 is 16.6 Å². The van der Waals surface area contributed by atoms with Crippen LogP contribution in [-0.2, 0) is 6.54 Å². The first-order chi connectivity index (χ1) is 8.65. The molecule has 0 atom stereocenters. The molecular weight excluding hydrogens is 232 g/mol. The summed E-state index contributed by atoms with van der Waals surface area (Å²) in [7, 11) is 0. The van der Waals surface area contributed by atoms with Crippen molar-refractivity contribution < 1.29 is 4.79 Å². The molecule has 0 saturated carbocycles. The van der Waals surface area contributed by atoms with Crippen LogP contribution in [0.5, 0.6) is 0 Å². The second-order valence-electron chi connectivity index (χ2n) is 3.72. The summed E-state index contributed by atoms with van der Waals surface area (Å²) < 4.78 is 0. The first kappa shape index (κ1) is 11.8. The van der Waals surface area contributed by atoms with Gasteiger partial charge in [0.05, 0.1) is 6.20 Å². The molecule has 0 spiro atoms. The zero-order chi connectivity index (χ0) is 13.0. The Bertz CT molecular complexity index is 584. The van der Waals surface area contributed by atoms with E-state index in [0.717, 1.165) is 11.8 Å². The molecule has 18 heavy (non-hydrogen) atoms. The lowest BCUT2D eigenvalue weighted by molar-refractivity contribution is 0.0945. The Hall–Kier alpha value is -2.63. The number of nitrogens with two attached hydrogens (primary N) is 1. The number of anilines is 1. The number of rotatable bonds is 3. The van der Waals surface area contributed by atoms with Crippen LogP contribution in [0.4, 0.5) is 5.69 Å². The molecule has 1 aromatic heterocycles. The molecule has 1 heterocycles. The minimum absolute atomic E-state index is 0.171. The van der Waals surface area contributed by atoms with Crippen molar-refractivity contribution in [3.8, 4) is 0 Å². The quantitative estimate of drug-likeness (QED) is 0.675. The lowest BCUT2D eigenvalue weighted by Gasteiger charge is -2.04. The summed E-state index contributed by atoms with van der Waals surface area (Å²) in [5.74, 6) is -0.344. The molecule has 6 heteroatoms. The van der Waals surface area contributed by atoms with Crippen molar-refractivity contribution in [2.45, 2.75) is 6.54 Å². The molecule has 0 aliphatic rings. The van der Waals surface area contributed by atoms with Gasteiger partial charge in [-0.15, -0.1) is 0 Å². The van der Waals surface area contributed by atoms with E-state index in [1.807, 2.05) is 12.1 Å². The number of carbonyl (C=O) groups excluding carboxylic acids is 1. The number of nitrogens with zero attached hydrogens (tertiary/aromatic N) is 1. The molecule has 1 aromatic carbocycles. The monoisotopic (exact) mass is 244 g/mol. The minimum atomic E-state index is -0.344. The third-order valence-electron chi connectivity index (χ3n) is 2.34. The van der Waals surface area contributed by atoms with E-state index in [2.05, 4.69) is 15.3 Å². The number of benzene rings is 1. The van der Waals surface area contributed by atoms with Crippen LogP contribution in [0.1, 0.15) is 16.1 Å². The fourth-order valence-electron chi connectivity index (χ4n) is 1.37. The Morgan fingerprint density at radius 3 is 2.67 bits per heavy atom. The van der Waals surface area contributed by atoms with Gasteiger partial charge in [-0.05, 0) is 17.7 Å². The first-order valence-corrected chi connectivity index (χ1v) is 5.32. The van der Waals surface area contributed by atoms with E-state index < -0.39 is 0 Å². The number of hydrogen-bond donors (Lipinski definition) is 3. The van der Waals surface area contributed by atoms with E-state index >= 15 is 0 Å². The highest BCUT2D eigenvalue weighted by Crippen LogP contribution is 2.05. The van der Waals surface area contributed by atoms with Gasteiger partial charge >= 0.3 is 0 Å². The van der Waals surface area contributed by atoms with Gasteiger partial charge in [0.15, 0.2) is 0 Å². The predicted molar refractivity (Wildman–Crippen MR) is 66.9 cm³/mol. The summed E-state index contributed by atoms with van der Waals surface area (Å²) in [6.07, 6.45) is 2.35. The molecule has 0 aliphatic heterocycles. The number of hydrogen-bond acceptors (Lipinski definition) is 4. The Kier molecular flexibility index (Phi) is 3.38. The van der Waals surface area contributed by atoms with E-state index in [-0.39, 0.29) is 17.2 Å². The summed E-state index contributed by atoms with van der Waals surface area (Å²) in [5.41, 5.74) is 6.99. The molecule has 4 N–H and O–H groups in total. The van der Waals surface area contributed by atoms with Crippen molar-refractivity contribution in [2.75, 3.05) is 5.73 Å². The molecule has 0 radical (unpaired) electrons. The molecule has 6 nitrogen and oxygen atoms in total. The average molecular weight is 244 g/mol. The standard InChI is InChI=1S/C12H12N4O2/c13-9-3-1-8(2-4-9)5-16-12(18)10-6-15-11(17)7-14-10/h1-4,6-7H,5,13H2,(H,15,17)(H,16,18). The van der Waals surface area contributed by atoms with Crippen molar-refractivity contribution in [3.63, 3.8) is 0 Å². The van der Waals surface area contributed by atoms with Gasteiger partial charge in [0.2, 0.25) is 0 Å². The van der Waals surface area contributed by atoms with E-state index in [1.54, 1.807) is 12.1 Å². The SMILES string of the molecule is Nc1ccc(CNC(=O)c2c[nH]c(=O)cn2)cc1. The second-order valence-corrected chi connectivity index (χ2v) is 3.72. The predicted octanol–water partition coefficient (Wildman–Crippen LogP) is 0.282. The molecule has 0 aliphatic carbocycles. The van der Waals surface area contributed by atoms with E-state index in [4.69, 9.17) is 5.73 Å². The third kappa shape index (κ3) is 2.94. The Labute approximate surface area is 103 Å². The number of aromatic amines is 1. The van der Waals surface area contributed by atoms with E-state index in [9.17, 15) is 9.59 Å². The van der Waals surface area contributed by atoms with Crippen molar-refractivity contribution >= 4 is 11.6 Å². The number of carbonyl (C=O) groups is 1. The molecule has 0 fully saturated rings. The zero-order valence-electron chi connectivity index (χ0n) is 9.51. The number of aromatic nitrogens is 2. The highest BCUT2D eigenvalue weighted by molar-refractivity contribution is 5.91. The van der Waals surface area contributed by atoms with Crippen molar-refractivity contribution in [3.05, 3.63) is 58.3 Å². The molecular formula is C12H12N4O2. The van der Waals surface area contributed by atoms with Crippen LogP contribution in [0, 0.1) is 0 Å². The lowest BCUT2D eigenvalue weighted by Crippen LogP contribution is -2.25. The van der Waals surface area contributed by atoms with Crippen LogP contribution in [0.2, 0.25) is 0 Å². The van der Waals surface area contributed by atoms with Gasteiger partial charge < -0.3 is 16.0 Å². The fraction of sp³-hybridized carbons (Fsp3) is 0.0833. The van der Waals surface area contributed by atoms with Crippen LogP contribution >= 0.6 is 0 Å². The largest absolute Gasteiger partial charge is 0.399 e. The van der Waals surface area contributed by atoms with Crippen LogP contribution in [0.3, 0.4) is 0 Å². The van der Waals surface area contributed by atoms with Crippen molar-refractivity contribution in [2.24, 2.45) is 0 Å². The summed E-state index contributed by atoms with van der Waals surface area (Å²) in [6, 6.07) is 7.19. The molecule has 0 unspecified atom stereocenters. The van der Waals surface area contributed by atoms with Gasteiger partial charge in [-0.1, -0.05) is 12.1 Å².